The summed E-state index contributed by atoms with van der Waals surface area (Å²) >= 11 is 6.31. The Morgan fingerprint density at radius 3 is 2.56 bits per heavy atom. The van der Waals surface area contributed by atoms with Crippen LogP contribution in [0.5, 0.6) is 5.75 Å². The van der Waals surface area contributed by atoms with Gasteiger partial charge in [0.15, 0.2) is 11.9 Å². The lowest BCUT2D eigenvalue weighted by Gasteiger charge is -2.15. The molecule has 0 aliphatic heterocycles. The minimum absolute atomic E-state index is 0.337. The number of aryl methyl sites for hydroxylation is 1. The van der Waals surface area contributed by atoms with Crippen molar-refractivity contribution in [2.24, 2.45) is 0 Å². The second-order valence-electron chi connectivity index (χ2n) is 5.58. The number of carbonyl (C=O) groups excluding carboxylic acids is 1. The predicted molar refractivity (Wildman–Crippen MR) is 96.8 cm³/mol. The highest BCUT2D eigenvalue weighted by Gasteiger charge is 2.18. The molecular weight excluding hydrogens is 340 g/mol. The molecule has 0 saturated heterocycles. The number of anilines is 1. The molecule has 1 atom stereocenters. The number of carbonyl (C=O) groups is 1. The normalized spacial score (nSPS) is 11.8. The maximum absolute atomic E-state index is 12.2. The van der Waals surface area contributed by atoms with Gasteiger partial charge in [-0.05, 0) is 37.1 Å². The maximum atomic E-state index is 12.2. The number of halogens is 1. The maximum Gasteiger partial charge on any atom is 0.266 e. The van der Waals surface area contributed by atoms with Crippen LogP contribution in [0.4, 0.5) is 5.82 Å². The van der Waals surface area contributed by atoms with E-state index in [1.54, 1.807) is 26.0 Å². The summed E-state index contributed by atoms with van der Waals surface area (Å²) in [6.45, 7) is 3.39. The molecule has 1 N–H and O–H groups in total. The standard InChI is InChI=1S/C19H17ClN2O3/c1-12-10-18(22-25-12)21-19(23)13(2)24-17-9-8-15(11-16(17)20)14-6-4-3-5-7-14/h3-11,13H,1-2H3,(H,21,22,23)/t13-/m1/s1. The van der Waals surface area contributed by atoms with Crippen molar-refractivity contribution in [3.05, 3.63) is 65.4 Å². The number of aromatic nitrogens is 1. The molecule has 2 aromatic carbocycles. The topological polar surface area (TPSA) is 64.4 Å². The molecule has 3 aromatic rings. The Hall–Kier alpha value is -2.79. The van der Waals surface area contributed by atoms with Crippen molar-refractivity contribution in [1.29, 1.82) is 0 Å². The van der Waals surface area contributed by atoms with Crippen LogP contribution < -0.4 is 10.1 Å². The van der Waals surface area contributed by atoms with E-state index in [-0.39, 0.29) is 5.91 Å². The zero-order valence-electron chi connectivity index (χ0n) is 13.8. The average molecular weight is 357 g/mol. The number of nitrogens with zero attached hydrogens (tertiary/aromatic N) is 1. The third-order valence-electron chi connectivity index (χ3n) is 3.59. The molecule has 1 heterocycles. The quantitative estimate of drug-likeness (QED) is 0.719. The van der Waals surface area contributed by atoms with Crippen LogP contribution in [0.2, 0.25) is 5.02 Å². The van der Waals surface area contributed by atoms with E-state index in [9.17, 15) is 4.79 Å². The fraction of sp³-hybridized carbons (Fsp3) is 0.158. The van der Waals surface area contributed by atoms with Crippen molar-refractivity contribution in [3.8, 4) is 16.9 Å². The summed E-state index contributed by atoms with van der Waals surface area (Å²) in [4.78, 5) is 12.2. The molecular formula is C19H17ClN2O3. The summed E-state index contributed by atoms with van der Waals surface area (Å²) in [5, 5.41) is 6.79. The van der Waals surface area contributed by atoms with Crippen molar-refractivity contribution >= 4 is 23.3 Å². The minimum Gasteiger partial charge on any atom is -0.479 e. The lowest BCUT2D eigenvalue weighted by molar-refractivity contribution is -0.122. The van der Waals surface area contributed by atoms with Crippen molar-refractivity contribution in [2.75, 3.05) is 5.32 Å². The minimum atomic E-state index is -0.739. The predicted octanol–water partition coefficient (Wildman–Crippen LogP) is 4.71. The number of hydrogen-bond donors (Lipinski definition) is 1. The molecule has 0 bridgehead atoms. The summed E-state index contributed by atoms with van der Waals surface area (Å²) in [6, 6.07) is 17.0. The number of benzene rings is 2. The molecule has 0 aliphatic carbocycles. The number of nitrogens with one attached hydrogen (secondary N) is 1. The second-order valence-corrected chi connectivity index (χ2v) is 5.99. The van der Waals surface area contributed by atoms with Crippen LogP contribution in [0.25, 0.3) is 11.1 Å². The van der Waals surface area contributed by atoms with E-state index >= 15 is 0 Å². The first-order valence-electron chi connectivity index (χ1n) is 7.79. The van der Waals surface area contributed by atoms with Gasteiger partial charge >= 0.3 is 0 Å². The molecule has 0 fully saturated rings. The Bertz CT molecular complexity index is 877. The van der Waals surface area contributed by atoms with Gasteiger partial charge in [0, 0.05) is 6.07 Å². The molecule has 1 aromatic heterocycles. The van der Waals surface area contributed by atoms with Gasteiger partial charge in [-0.15, -0.1) is 0 Å². The molecule has 0 saturated carbocycles. The van der Waals surface area contributed by atoms with Gasteiger partial charge in [0.05, 0.1) is 5.02 Å². The van der Waals surface area contributed by atoms with Crippen LogP contribution in [0, 0.1) is 6.92 Å². The molecule has 3 rings (SSSR count). The zero-order chi connectivity index (χ0) is 17.8. The van der Waals surface area contributed by atoms with E-state index in [1.165, 1.54) is 0 Å². The zero-order valence-corrected chi connectivity index (χ0v) is 14.6. The van der Waals surface area contributed by atoms with Crippen molar-refractivity contribution < 1.29 is 14.1 Å². The Balaban J connectivity index is 1.68. The molecule has 0 radical (unpaired) electrons. The number of rotatable bonds is 5. The van der Waals surface area contributed by atoms with Crippen LogP contribution in [-0.4, -0.2) is 17.2 Å². The highest BCUT2D eigenvalue weighted by atomic mass is 35.5. The van der Waals surface area contributed by atoms with Crippen LogP contribution in [0.15, 0.2) is 59.1 Å². The molecule has 0 aliphatic rings. The van der Waals surface area contributed by atoms with Crippen molar-refractivity contribution in [2.45, 2.75) is 20.0 Å². The molecule has 0 spiro atoms. The average Bonchev–Trinajstić information content (AvgIpc) is 3.02. The van der Waals surface area contributed by atoms with Gasteiger partial charge < -0.3 is 14.6 Å². The SMILES string of the molecule is Cc1cc(NC(=O)[C@@H](C)Oc2ccc(-c3ccccc3)cc2Cl)no1. The number of hydrogen-bond acceptors (Lipinski definition) is 4. The van der Waals surface area contributed by atoms with Gasteiger partial charge in [0.25, 0.3) is 5.91 Å². The largest absolute Gasteiger partial charge is 0.479 e. The fourth-order valence-corrected chi connectivity index (χ4v) is 2.53. The summed E-state index contributed by atoms with van der Waals surface area (Å²) in [7, 11) is 0. The third-order valence-corrected chi connectivity index (χ3v) is 3.89. The first-order valence-corrected chi connectivity index (χ1v) is 8.16. The lowest BCUT2D eigenvalue weighted by atomic mass is 10.1. The first kappa shape index (κ1) is 17.0. The van der Waals surface area contributed by atoms with Gasteiger partial charge in [-0.1, -0.05) is 53.2 Å². The van der Waals surface area contributed by atoms with Crippen LogP contribution in [0.1, 0.15) is 12.7 Å². The van der Waals surface area contributed by atoms with E-state index in [4.69, 9.17) is 20.9 Å². The number of ether oxygens (including phenoxy) is 1. The highest BCUT2D eigenvalue weighted by molar-refractivity contribution is 6.32. The van der Waals surface area contributed by atoms with Gasteiger partial charge in [-0.25, -0.2) is 0 Å². The van der Waals surface area contributed by atoms with E-state index < -0.39 is 6.10 Å². The van der Waals surface area contributed by atoms with Crippen LogP contribution in [-0.2, 0) is 4.79 Å². The molecule has 0 unspecified atom stereocenters. The molecule has 5 nitrogen and oxygen atoms in total. The van der Waals surface area contributed by atoms with E-state index in [2.05, 4.69) is 10.5 Å². The van der Waals surface area contributed by atoms with E-state index in [0.717, 1.165) is 11.1 Å². The summed E-state index contributed by atoms with van der Waals surface area (Å²) < 4.78 is 10.6. The Morgan fingerprint density at radius 2 is 1.92 bits per heavy atom. The van der Waals surface area contributed by atoms with Crippen LogP contribution in [0.3, 0.4) is 0 Å². The van der Waals surface area contributed by atoms with Gasteiger partial charge in [0.2, 0.25) is 0 Å². The molecule has 25 heavy (non-hydrogen) atoms. The summed E-state index contributed by atoms with van der Waals surface area (Å²) in [5.41, 5.74) is 2.04. The first-order chi connectivity index (χ1) is 12.0. The van der Waals surface area contributed by atoms with E-state index in [1.807, 2.05) is 42.5 Å². The molecule has 128 valence electrons. The van der Waals surface area contributed by atoms with Crippen molar-refractivity contribution in [3.63, 3.8) is 0 Å². The third kappa shape index (κ3) is 4.19. The summed E-state index contributed by atoms with van der Waals surface area (Å²) in [5.74, 6) is 1.07. The van der Waals surface area contributed by atoms with Crippen molar-refractivity contribution in [1.82, 2.24) is 5.16 Å². The van der Waals surface area contributed by atoms with Gasteiger partial charge in [-0.3, -0.25) is 4.79 Å². The van der Waals surface area contributed by atoms with Crippen LogP contribution >= 0.6 is 11.6 Å². The fourth-order valence-electron chi connectivity index (χ4n) is 2.30. The van der Waals surface area contributed by atoms with Gasteiger partial charge in [0.1, 0.15) is 11.5 Å². The Kier molecular flexibility index (Phi) is 5.05. The smallest absolute Gasteiger partial charge is 0.266 e. The van der Waals surface area contributed by atoms with Gasteiger partial charge in [-0.2, -0.15) is 0 Å². The highest BCUT2D eigenvalue weighted by Crippen LogP contribution is 2.31. The summed E-state index contributed by atoms with van der Waals surface area (Å²) in [6.07, 6.45) is -0.739. The second kappa shape index (κ2) is 7.40. The number of amides is 1. The molecule has 6 heteroatoms. The Labute approximate surface area is 150 Å². The van der Waals surface area contributed by atoms with E-state index in [0.29, 0.717) is 22.4 Å². The monoisotopic (exact) mass is 356 g/mol. The molecule has 1 amide bonds. The lowest BCUT2D eigenvalue weighted by Crippen LogP contribution is -2.30. The Morgan fingerprint density at radius 1 is 1.16 bits per heavy atom.